The summed E-state index contributed by atoms with van der Waals surface area (Å²) < 4.78 is 0.941. The smallest absolute Gasteiger partial charge is 0.202 e. The van der Waals surface area contributed by atoms with Gasteiger partial charge in [0.05, 0.1) is 27.2 Å². The lowest BCUT2D eigenvalue weighted by Gasteiger charge is -2.30. The minimum absolute atomic E-state index is 0. The number of hydrogen-bond acceptors (Lipinski definition) is 3. The van der Waals surface area contributed by atoms with Gasteiger partial charge in [-0.05, 0) is 24.0 Å². The monoisotopic (exact) mass is 327 g/mol. The highest BCUT2D eigenvalue weighted by Gasteiger charge is 2.35. The summed E-state index contributed by atoms with van der Waals surface area (Å²) >= 11 is 6.04. The Morgan fingerprint density at radius 2 is 1.90 bits per heavy atom. The molecule has 0 atom stereocenters. The minimum Gasteiger partial charge on any atom is -0.428 e. The summed E-state index contributed by atoms with van der Waals surface area (Å²) in [4.78, 5) is 24.8. The van der Waals surface area contributed by atoms with Crippen LogP contribution in [0.2, 0.25) is 5.02 Å². The Hall–Kier alpha value is -1.52. The number of hydrogen-bond donors (Lipinski definition) is 1. The molecule has 1 aliphatic rings. The summed E-state index contributed by atoms with van der Waals surface area (Å²) in [6, 6.07) is 4.86. The van der Waals surface area contributed by atoms with E-state index in [1.165, 1.54) is 0 Å². The number of carbonyl (C=O) groups excluding carboxylic acids is 1. The van der Waals surface area contributed by atoms with Gasteiger partial charge in [-0.1, -0.05) is 31.5 Å². The molecule has 0 saturated heterocycles. The van der Waals surface area contributed by atoms with Crippen molar-refractivity contribution in [1.82, 2.24) is 4.73 Å². The number of aromatic nitrogens is 1. The second-order valence-corrected chi connectivity index (χ2v) is 6.44. The first kappa shape index (κ1) is 15.9. The predicted molar refractivity (Wildman–Crippen MR) is 84.1 cm³/mol. The third-order valence-corrected chi connectivity index (χ3v) is 4.10. The van der Waals surface area contributed by atoms with Crippen molar-refractivity contribution in [3.8, 4) is 0 Å². The summed E-state index contributed by atoms with van der Waals surface area (Å²) in [6.07, 6.45) is 0.771. The summed E-state index contributed by atoms with van der Waals surface area (Å²) in [6.45, 7) is 3.89. The maximum atomic E-state index is 12.5. The second-order valence-electron chi connectivity index (χ2n) is 6.04. The topological polar surface area (TPSA) is 59.3 Å². The molecule has 0 aliphatic heterocycles. The van der Waals surface area contributed by atoms with Crippen LogP contribution in [-0.4, -0.2) is 15.7 Å². The van der Waals surface area contributed by atoms with E-state index in [1.54, 1.807) is 18.2 Å². The molecule has 0 spiro atoms. The fourth-order valence-corrected chi connectivity index (χ4v) is 3.17. The summed E-state index contributed by atoms with van der Waals surface area (Å²) in [7, 11) is 0. The largest absolute Gasteiger partial charge is 0.428 e. The van der Waals surface area contributed by atoms with E-state index in [9.17, 15) is 14.8 Å². The lowest BCUT2D eigenvalue weighted by molar-refractivity contribution is 0.0885. The van der Waals surface area contributed by atoms with E-state index in [0.29, 0.717) is 24.1 Å². The van der Waals surface area contributed by atoms with Crippen LogP contribution in [0.25, 0.3) is 10.9 Å². The van der Waals surface area contributed by atoms with Crippen LogP contribution in [0.15, 0.2) is 23.0 Å². The number of ketones is 1. The van der Waals surface area contributed by atoms with Crippen molar-refractivity contribution < 1.29 is 10.0 Å². The first-order valence-corrected chi connectivity index (χ1v) is 6.78. The Morgan fingerprint density at radius 1 is 1.24 bits per heavy atom. The molecule has 112 valence electrons. The highest BCUT2D eigenvalue weighted by Crippen LogP contribution is 2.35. The zero-order chi connectivity index (χ0) is 14.7. The van der Waals surface area contributed by atoms with E-state index >= 15 is 0 Å². The summed E-state index contributed by atoms with van der Waals surface area (Å²) in [5.74, 6) is -0.231. The Kier molecular flexibility index (Phi) is 3.80. The number of carbonyl (C=O) groups is 1. The predicted octanol–water partition coefficient (Wildman–Crippen LogP) is 3.47. The quantitative estimate of drug-likeness (QED) is 0.754. The number of rotatable bonds is 0. The molecule has 21 heavy (non-hydrogen) atoms. The molecule has 0 radical (unpaired) electrons. The average molecular weight is 328 g/mol. The van der Waals surface area contributed by atoms with E-state index in [4.69, 9.17) is 11.6 Å². The molecule has 1 aromatic heterocycles. The molecule has 2 aromatic rings. The maximum Gasteiger partial charge on any atom is 0.202 e. The molecule has 0 bridgehead atoms. The number of fused-ring (bicyclic) bond motifs is 2. The number of halogens is 2. The zero-order valence-electron chi connectivity index (χ0n) is 11.6. The summed E-state index contributed by atoms with van der Waals surface area (Å²) in [5.41, 5.74) is 0.143. The molecule has 1 aliphatic carbocycles. The van der Waals surface area contributed by atoms with Crippen LogP contribution >= 0.6 is 24.0 Å². The van der Waals surface area contributed by atoms with Crippen molar-refractivity contribution in [2.24, 2.45) is 5.41 Å². The highest BCUT2D eigenvalue weighted by atomic mass is 35.5. The van der Waals surface area contributed by atoms with Crippen molar-refractivity contribution in [2.45, 2.75) is 26.7 Å². The first-order valence-electron chi connectivity index (χ1n) is 6.40. The third kappa shape index (κ3) is 2.32. The van der Waals surface area contributed by atoms with Gasteiger partial charge in [-0.15, -0.1) is 12.4 Å². The van der Waals surface area contributed by atoms with Crippen LogP contribution in [0.1, 0.15) is 36.3 Å². The van der Waals surface area contributed by atoms with Crippen LogP contribution in [0.4, 0.5) is 0 Å². The lowest BCUT2D eigenvalue weighted by Crippen LogP contribution is -2.35. The number of pyridine rings is 1. The molecule has 0 fully saturated rings. The average Bonchev–Trinajstić information content (AvgIpc) is 2.33. The van der Waals surface area contributed by atoms with Gasteiger partial charge in [-0.25, -0.2) is 0 Å². The zero-order valence-corrected chi connectivity index (χ0v) is 13.2. The molecule has 6 heteroatoms. The first-order chi connectivity index (χ1) is 9.32. The van der Waals surface area contributed by atoms with Crippen LogP contribution in [0.5, 0.6) is 0 Å². The van der Waals surface area contributed by atoms with Crippen LogP contribution < -0.4 is 5.43 Å². The molecule has 0 saturated carbocycles. The fourth-order valence-electron chi connectivity index (χ4n) is 2.91. The number of Topliss-reactive ketones (excluding diaryl/α,β-unsaturated/α-hetero) is 1. The van der Waals surface area contributed by atoms with Gasteiger partial charge >= 0.3 is 0 Å². The van der Waals surface area contributed by atoms with Crippen LogP contribution in [0.3, 0.4) is 0 Å². The van der Waals surface area contributed by atoms with Crippen molar-refractivity contribution in [3.05, 3.63) is 44.7 Å². The standard InChI is InChI=1S/C15H14ClNO3.ClH/c1-15(2)6-10-13(11(18)7-15)14(19)12-8(16)4-3-5-9(12)17(10)20;/h3-5,20H,6-7H2,1-2H3;1H. The fraction of sp³-hybridized carbons (Fsp3) is 0.333. The second kappa shape index (κ2) is 5.04. The van der Waals surface area contributed by atoms with E-state index < -0.39 is 0 Å². The van der Waals surface area contributed by atoms with Crippen molar-refractivity contribution >= 4 is 40.7 Å². The molecule has 1 aromatic carbocycles. The van der Waals surface area contributed by atoms with Gasteiger partial charge in [0.15, 0.2) is 5.78 Å². The van der Waals surface area contributed by atoms with Gasteiger partial charge in [0.25, 0.3) is 0 Å². The van der Waals surface area contributed by atoms with E-state index in [1.807, 2.05) is 13.8 Å². The summed E-state index contributed by atoms with van der Waals surface area (Å²) in [5, 5.41) is 10.8. The Morgan fingerprint density at radius 3 is 2.57 bits per heavy atom. The molecular formula is C15H15Cl2NO3. The van der Waals surface area contributed by atoms with E-state index in [0.717, 1.165) is 4.73 Å². The van der Waals surface area contributed by atoms with Gasteiger partial charge in [-0.2, -0.15) is 4.73 Å². The number of nitrogens with zero attached hydrogens (tertiary/aromatic N) is 1. The Balaban J connectivity index is 0.00000161. The van der Waals surface area contributed by atoms with Gasteiger partial charge in [-0.3, -0.25) is 9.59 Å². The van der Waals surface area contributed by atoms with Gasteiger partial charge in [0.1, 0.15) is 0 Å². The molecule has 0 unspecified atom stereocenters. The molecule has 1 heterocycles. The van der Waals surface area contributed by atoms with Gasteiger partial charge in [0, 0.05) is 6.42 Å². The van der Waals surface area contributed by atoms with Crippen LogP contribution in [-0.2, 0) is 6.42 Å². The molecule has 1 N–H and O–H groups in total. The maximum absolute atomic E-state index is 12.5. The molecule has 0 amide bonds. The molecule has 3 rings (SSSR count). The molecular weight excluding hydrogens is 313 g/mol. The Bertz CT molecular complexity index is 809. The molecule has 4 nitrogen and oxygen atoms in total. The SMILES string of the molecule is CC1(C)CC(=O)c2c(n(O)c3cccc(Cl)c3c2=O)C1.Cl. The van der Waals surface area contributed by atoms with Crippen molar-refractivity contribution in [3.63, 3.8) is 0 Å². The van der Waals surface area contributed by atoms with Crippen LogP contribution in [0, 0.1) is 5.41 Å². The van der Waals surface area contributed by atoms with E-state index in [2.05, 4.69) is 0 Å². The third-order valence-electron chi connectivity index (χ3n) is 3.78. The number of benzene rings is 1. The van der Waals surface area contributed by atoms with Gasteiger partial charge < -0.3 is 5.21 Å². The normalized spacial score (nSPS) is 16.4. The van der Waals surface area contributed by atoms with Gasteiger partial charge in [0.2, 0.25) is 5.43 Å². The minimum atomic E-state index is -0.383. The lowest BCUT2D eigenvalue weighted by atomic mass is 9.75. The van der Waals surface area contributed by atoms with Crippen molar-refractivity contribution in [2.75, 3.05) is 0 Å². The van der Waals surface area contributed by atoms with Crippen molar-refractivity contribution in [1.29, 1.82) is 0 Å². The highest BCUT2D eigenvalue weighted by molar-refractivity contribution is 6.35. The van der Waals surface area contributed by atoms with E-state index in [-0.39, 0.29) is 45.0 Å². The Labute approximate surface area is 132 Å².